The van der Waals surface area contributed by atoms with Crippen molar-refractivity contribution in [1.29, 1.82) is 0 Å². The molecule has 0 heterocycles. The van der Waals surface area contributed by atoms with Crippen LogP contribution in [0.5, 0.6) is 5.75 Å². The largest absolute Gasteiger partial charge is 0.494 e. The number of ether oxygens (including phenoxy) is 1. The van der Waals surface area contributed by atoms with Crippen molar-refractivity contribution in [1.82, 2.24) is 10.2 Å². The van der Waals surface area contributed by atoms with E-state index >= 15 is 0 Å². The molecule has 11 heteroatoms. The van der Waals surface area contributed by atoms with Crippen molar-refractivity contribution in [3.05, 3.63) is 125 Å². The van der Waals surface area contributed by atoms with Crippen molar-refractivity contribution in [2.75, 3.05) is 24.0 Å². The van der Waals surface area contributed by atoms with Crippen LogP contribution in [0.4, 0.5) is 10.1 Å². The van der Waals surface area contributed by atoms with E-state index in [9.17, 15) is 22.4 Å². The van der Waals surface area contributed by atoms with Gasteiger partial charge in [0.15, 0.2) is 0 Å². The molecule has 4 rings (SSSR count). The van der Waals surface area contributed by atoms with E-state index in [0.29, 0.717) is 29.5 Å². The number of rotatable bonds is 15. The summed E-state index contributed by atoms with van der Waals surface area (Å²) in [6, 6.07) is 25.9. The number of carbonyl (C=O) groups excluding carboxylic acids is 2. The second-order valence-electron chi connectivity index (χ2n) is 11.4. The average Bonchev–Trinajstić information content (AvgIpc) is 3.06. The molecule has 1 N–H and O–H groups in total. The molecule has 0 aliphatic rings. The molecule has 248 valence electrons. The van der Waals surface area contributed by atoms with Crippen LogP contribution in [0.25, 0.3) is 0 Å². The Balaban J connectivity index is 1.79. The van der Waals surface area contributed by atoms with Gasteiger partial charge in [-0.25, -0.2) is 12.8 Å². The maximum Gasteiger partial charge on any atom is 0.264 e. The lowest BCUT2D eigenvalue weighted by Crippen LogP contribution is -2.53. The van der Waals surface area contributed by atoms with Crippen LogP contribution in [-0.4, -0.2) is 50.9 Å². The van der Waals surface area contributed by atoms with Gasteiger partial charge in [-0.05, 0) is 78.6 Å². The van der Waals surface area contributed by atoms with Crippen molar-refractivity contribution >= 4 is 39.1 Å². The van der Waals surface area contributed by atoms with Gasteiger partial charge in [-0.3, -0.25) is 13.9 Å². The Bertz CT molecular complexity index is 1740. The standard InChI is InChI=1S/C36H39ClFN3O5S/c1-4-46-31-18-20-32(21-19-31)47(44,45)41(30-16-14-29(38)15-17-30)25-35(42)40(24-28-12-8-9-13-33(28)37)34(36(43)39-23-26(2)3)22-27-10-6-5-7-11-27/h5-21,26,34H,4,22-25H2,1-3H3,(H,39,43)/t34-/m1/s1. The van der Waals surface area contributed by atoms with E-state index in [1.165, 1.54) is 41.3 Å². The molecule has 2 amide bonds. The number of sulfonamides is 1. The summed E-state index contributed by atoms with van der Waals surface area (Å²) in [5.74, 6) is -0.964. The van der Waals surface area contributed by atoms with Crippen LogP contribution >= 0.6 is 11.6 Å². The van der Waals surface area contributed by atoms with Crippen molar-refractivity contribution in [2.24, 2.45) is 5.92 Å². The van der Waals surface area contributed by atoms with E-state index in [0.717, 1.165) is 22.0 Å². The summed E-state index contributed by atoms with van der Waals surface area (Å²) in [6.07, 6.45) is 0.170. The Morgan fingerprint density at radius 3 is 2.15 bits per heavy atom. The maximum absolute atomic E-state index is 14.5. The minimum Gasteiger partial charge on any atom is -0.494 e. The molecular formula is C36H39ClFN3O5S. The first-order valence-electron chi connectivity index (χ1n) is 15.3. The van der Waals surface area contributed by atoms with Gasteiger partial charge in [-0.1, -0.05) is 74.0 Å². The van der Waals surface area contributed by atoms with Crippen molar-refractivity contribution in [3.63, 3.8) is 0 Å². The molecule has 0 spiro atoms. The number of hydrogen-bond acceptors (Lipinski definition) is 5. The summed E-state index contributed by atoms with van der Waals surface area (Å²) in [6.45, 7) is 5.79. The Kier molecular flexibility index (Phi) is 12.4. The normalized spacial score (nSPS) is 12.0. The molecule has 0 bridgehead atoms. The molecule has 47 heavy (non-hydrogen) atoms. The van der Waals surface area contributed by atoms with Gasteiger partial charge in [-0.15, -0.1) is 0 Å². The van der Waals surface area contributed by atoms with Gasteiger partial charge in [0.25, 0.3) is 10.0 Å². The second kappa shape index (κ2) is 16.4. The fourth-order valence-electron chi connectivity index (χ4n) is 4.92. The Labute approximate surface area is 281 Å². The average molecular weight is 680 g/mol. The van der Waals surface area contributed by atoms with Crippen LogP contribution in [0.2, 0.25) is 5.02 Å². The van der Waals surface area contributed by atoms with Gasteiger partial charge < -0.3 is 15.0 Å². The topological polar surface area (TPSA) is 96.0 Å². The maximum atomic E-state index is 14.5. The SMILES string of the molecule is CCOc1ccc(S(=O)(=O)N(CC(=O)N(Cc2ccccc2Cl)[C@H](Cc2ccccc2)C(=O)NCC(C)C)c2ccc(F)cc2)cc1. The summed E-state index contributed by atoms with van der Waals surface area (Å²) in [5, 5.41) is 3.34. The molecule has 0 saturated heterocycles. The minimum atomic E-state index is -4.35. The van der Waals surface area contributed by atoms with E-state index < -0.39 is 34.3 Å². The van der Waals surface area contributed by atoms with Gasteiger partial charge in [-0.2, -0.15) is 0 Å². The quantitative estimate of drug-likeness (QED) is 0.155. The predicted molar refractivity (Wildman–Crippen MR) is 182 cm³/mol. The monoisotopic (exact) mass is 679 g/mol. The third-order valence-electron chi connectivity index (χ3n) is 7.37. The molecule has 4 aromatic rings. The molecule has 0 radical (unpaired) electrons. The summed E-state index contributed by atoms with van der Waals surface area (Å²) >= 11 is 6.53. The van der Waals surface area contributed by atoms with Crippen molar-refractivity contribution < 1.29 is 27.1 Å². The molecule has 4 aromatic carbocycles. The molecule has 0 fully saturated rings. The highest BCUT2D eigenvalue weighted by atomic mass is 35.5. The molecular weight excluding hydrogens is 641 g/mol. The smallest absolute Gasteiger partial charge is 0.264 e. The second-order valence-corrected chi connectivity index (χ2v) is 13.6. The van der Waals surface area contributed by atoms with Crippen LogP contribution in [0, 0.1) is 11.7 Å². The summed E-state index contributed by atoms with van der Waals surface area (Å²) < 4.78 is 48.7. The van der Waals surface area contributed by atoms with Gasteiger partial charge >= 0.3 is 0 Å². The first-order chi connectivity index (χ1) is 22.5. The number of amides is 2. The fraction of sp³-hybridized carbons (Fsp3) is 0.278. The highest BCUT2D eigenvalue weighted by Crippen LogP contribution is 2.27. The molecule has 1 atom stereocenters. The van der Waals surface area contributed by atoms with Crippen molar-refractivity contribution in [2.45, 2.75) is 44.7 Å². The third-order valence-corrected chi connectivity index (χ3v) is 9.53. The van der Waals surface area contributed by atoms with Crippen molar-refractivity contribution in [3.8, 4) is 5.75 Å². The van der Waals surface area contributed by atoms with Crippen LogP contribution in [0.15, 0.2) is 108 Å². The lowest BCUT2D eigenvalue weighted by atomic mass is 10.0. The Morgan fingerprint density at radius 2 is 1.53 bits per heavy atom. The lowest BCUT2D eigenvalue weighted by Gasteiger charge is -2.34. The zero-order valence-corrected chi connectivity index (χ0v) is 28.2. The molecule has 0 unspecified atom stereocenters. The Hall–Kier alpha value is -4.41. The van der Waals surface area contributed by atoms with Crippen LogP contribution in [0.3, 0.4) is 0 Å². The lowest BCUT2D eigenvalue weighted by molar-refractivity contribution is -0.140. The number of benzene rings is 4. The van der Waals surface area contributed by atoms with E-state index in [4.69, 9.17) is 16.3 Å². The molecule has 0 aliphatic heterocycles. The van der Waals surface area contributed by atoms with Crippen LogP contribution in [0.1, 0.15) is 31.9 Å². The van der Waals surface area contributed by atoms with E-state index in [1.807, 2.05) is 51.1 Å². The molecule has 8 nitrogen and oxygen atoms in total. The number of hydrogen-bond donors (Lipinski definition) is 1. The molecule has 0 saturated carbocycles. The van der Waals surface area contributed by atoms with Gasteiger partial charge in [0.2, 0.25) is 11.8 Å². The highest BCUT2D eigenvalue weighted by Gasteiger charge is 2.35. The summed E-state index contributed by atoms with van der Waals surface area (Å²) in [5.41, 5.74) is 1.47. The summed E-state index contributed by atoms with van der Waals surface area (Å²) in [4.78, 5) is 29.6. The third kappa shape index (κ3) is 9.56. The van der Waals surface area contributed by atoms with E-state index in [2.05, 4.69) is 5.32 Å². The van der Waals surface area contributed by atoms with Gasteiger partial charge in [0, 0.05) is 24.5 Å². The molecule has 0 aromatic heterocycles. The van der Waals surface area contributed by atoms with Crippen LogP contribution in [-0.2, 0) is 32.6 Å². The number of nitrogens with zero attached hydrogens (tertiary/aromatic N) is 2. The minimum absolute atomic E-state index is 0.0640. The number of nitrogens with one attached hydrogen (secondary N) is 1. The zero-order valence-electron chi connectivity index (χ0n) is 26.6. The van der Waals surface area contributed by atoms with Gasteiger partial charge in [0.1, 0.15) is 24.2 Å². The van der Waals surface area contributed by atoms with Gasteiger partial charge in [0.05, 0.1) is 17.2 Å². The first-order valence-corrected chi connectivity index (χ1v) is 17.2. The van der Waals surface area contributed by atoms with Crippen LogP contribution < -0.4 is 14.4 Å². The highest BCUT2D eigenvalue weighted by molar-refractivity contribution is 7.92. The predicted octanol–water partition coefficient (Wildman–Crippen LogP) is 6.49. The zero-order chi connectivity index (χ0) is 34.0. The van der Waals surface area contributed by atoms with E-state index in [1.54, 1.807) is 24.3 Å². The summed E-state index contributed by atoms with van der Waals surface area (Å²) in [7, 11) is -4.35. The fourth-order valence-corrected chi connectivity index (χ4v) is 6.53. The number of anilines is 1. The number of halogens is 2. The number of carbonyl (C=O) groups is 2. The molecule has 0 aliphatic carbocycles. The Morgan fingerprint density at radius 1 is 0.894 bits per heavy atom. The first kappa shape index (κ1) is 35.4. The van der Waals surface area contributed by atoms with E-state index in [-0.39, 0.29) is 35.4 Å².